The number of amides is 1. The zero-order valence-electron chi connectivity index (χ0n) is 9.78. The number of nitrogens with one attached hydrogen (secondary N) is 1. The Hall–Kier alpha value is -0.650. The van der Waals surface area contributed by atoms with Crippen LogP contribution in [0.5, 0.6) is 0 Å². The summed E-state index contributed by atoms with van der Waals surface area (Å²) < 4.78 is 5.24. The molecule has 1 fully saturated rings. The Labute approximate surface area is 96.8 Å². The Morgan fingerprint density at radius 3 is 2.75 bits per heavy atom. The van der Waals surface area contributed by atoms with Crippen molar-refractivity contribution in [1.29, 1.82) is 0 Å². The first-order chi connectivity index (χ1) is 7.83. The average molecular weight is 230 g/mol. The van der Waals surface area contributed by atoms with Crippen molar-refractivity contribution in [3.63, 3.8) is 0 Å². The van der Waals surface area contributed by atoms with Crippen LogP contribution in [0.4, 0.5) is 0 Å². The van der Waals surface area contributed by atoms with Gasteiger partial charge in [-0.1, -0.05) is 0 Å². The highest BCUT2D eigenvalue weighted by Gasteiger charge is 2.09. The maximum Gasteiger partial charge on any atom is 0.220 e. The molecule has 0 atom stereocenters. The summed E-state index contributed by atoms with van der Waals surface area (Å²) in [7, 11) is 0. The van der Waals surface area contributed by atoms with E-state index in [0.29, 0.717) is 19.4 Å². The van der Waals surface area contributed by atoms with E-state index in [4.69, 9.17) is 9.84 Å². The number of nitrogens with zero attached hydrogens (tertiary/aromatic N) is 1. The molecule has 0 unspecified atom stereocenters. The lowest BCUT2D eigenvalue weighted by Crippen LogP contribution is -2.41. The third-order valence-corrected chi connectivity index (χ3v) is 2.67. The van der Waals surface area contributed by atoms with Crippen molar-refractivity contribution in [2.75, 3.05) is 46.0 Å². The standard InChI is InChI=1S/C11H22N2O3/c14-8-2-1-3-11(15)12-4-5-13-6-9-16-10-7-13/h14H,1-10H2,(H,12,15). The van der Waals surface area contributed by atoms with E-state index < -0.39 is 0 Å². The van der Waals surface area contributed by atoms with E-state index in [1.165, 1.54) is 0 Å². The van der Waals surface area contributed by atoms with Crippen LogP contribution in [0.1, 0.15) is 19.3 Å². The van der Waals surface area contributed by atoms with Gasteiger partial charge in [0.25, 0.3) is 0 Å². The van der Waals surface area contributed by atoms with Crippen LogP contribution in [0, 0.1) is 0 Å². The number of hydrogen-bond donors (Lipinski definition) is 2. The fourth-order valence-corrected chi connectivity index (χ4v) is 1.66. The van der Waals surface area contributed by atoms with Gasteiger partial charge in [-0.15, -0.1) is 0 Å². The fourth-order valence-electron chi connectivity index (χ4n) is 1.66. The van der Waals surface area contributed by atoms with Crippen LogP contribution in [0.15, 0.2) is 0 Å². The van der Waals surface area contributed by atoms with Crippen LogP contribution in [-0.4, -0.2) is 61.9 Å². The number of carbonyl (C=O) groups is 1. The van der Waals surface area contributed by atoms with Crippen molar-refractivity contribution in [2.24, 2.45) is 0 Å². The molecule has 1 amide bonds. The van der Waals surface area contributed by atoms with Gasteiger partial charge in [-0.3, -0.25) is 9.69 Å². The summed E-state index contributed by atoms with van der Waals surface area (Å²) in [5.41, 5.74) is 0. The van der Waals surface area contributed by atoms with Gasteiger partial charge in [0.15, 0.2) is 0 Å². The Morgan fingerprint density at radius 1 is 1.31 bits per heavy atom. The third-order valence-electron chi connectivity index (χ3n) is 2.67. The molecular formula is C11H22N2O3. The molecule has 0 aromatic rings. The van der Waals surface area contributed by atoms with E-state index >= 15 is 0 Å². The van der Waals surface area contributed by atoms with Crippen molar-refractivity contribution in [2.45, 2.75) is 19.3 Å². The summed E-state index contributed by atoms with van der Waals surface area (Å²) in [6.07, 6.45) is 1.99. The smallest absolute Gasteiger partial charge is 0.220 e. The minimum absolute atomic E-state index is 0.0849. The highest BCUT2D eigenvalue weighted by molar-refractivity contribution is 5.75. The zero-order chi connectivity index (χ0) is 11.6. The van der Waals surface area contributed by atoms with Crippen molar-refractivity contribution in [3.05, 3.63) is 0 Å². The number of rotatable bonds is 7. The normalized spacial score (nSPS) is 17.3. The van der Waals surface area contributed by atoms with E-state index in [9.17, 15) is 4.79 Å². The molecular weight excluding hydrogens is 208 g/mol. The molecule has 0 saturated carbocycles. The zero-order valence-corrected chi connectivity index (χ0v) is 9.78. The lowest BCUT2D eigenvalue weighted by atomic mass is 10.2. The lowest BCUT2D eigenvalue weighted by molar-refractivity contribution is -0.121. The van der Waals surface area contributed by atoms with Crippen LogP contribution < -0.4 is 5.32 Å². The Balaban J connectivity index is 1.94. The highest BCUT2D eigenvalue weighted by Crippen LogP contribution is 1.96. The molecule has 0 radical (unpaired) electrons. The van der Waals surface area contributed by atoms with Crippen molar-refractivity contribution < 1.29 is 14.6 Å². The molecule has 1 rings (SSSR count). The first kappa shape index (κ1) is 13.4. The van der Waals surface area contributed by atoms with Gasteiger partial charge in [0, 0.05) is 39.2 Å². The molecule has 0 aromatic heterocycles. The van der Waals surface area contributed by atoms with Gasteiger partial charge in [-0.2, -0.15) is 0 Å². The number of morpholine rings is 1. The monoisotopic (exact) mass is 230 g/mol. The molecule has 0 aliphatic carbocycles. The topological polar surface area (TPSA) is 61.8 Å². The molecule has 1 heterocycles. The SMILES string of the molecule is O=C(CCCCO)NCCN1CCOCC1. The first-order valence-electron chi connectivity index (χ1n) is 6.00. The largest absolute Gasteiger partial charge is 0.396 e. The van der Waals surface area contributed by atoms with E-state index in [1.54, 1.807) is 0 Å². The summed E-state index contributed by atoms with van der Waals surface area (Å²) in [4.78, 5) is 13.6. The summed E-state index contributed by atoms with van der Waals surface area (Å²) in [6, 6.07) is 0. The Morgan fingerprint density at radius 2 is 2.06 bits per heavy atom. The molecule has 2 N–H and O–H groups in total. The summed E-state index contributed by atoms with van der Waals surface area (Å²) in [6.45, 7) is 5.28. The van der Waals surface area contributed by atoms with Crippen LogP contribution in [0.2, 0.25) is 0 Å². The second-order valence-electron chi connectivity index (χ2n) is 3.98. The number of aliphatic hydroxyl groups excluding tert-OH is 1. The minimum Gasteiger partial charge on any atom is -0.396 e. The average Bonchev–Trinajstić information content (AvgIpc) is 2.31. The Kier molecular flexibility index (Phi) is 7.12. The predicted octanol–water partition coefficient (Wildman–Crippen LogP) is -0.403. The van der Waals surface area contributed by atoms with Gasteiger partial charge in [0.1, 0.15) is 0 Å². The summed E-state index contributed by atoms with van der Waals surface area (Å²) in [5.74, 6) is 0.0849. The van der Waals surface area contributed by atoms with E-state index in [-0.39, 0.29) is 12.5 Å². The molecule has 5 heteroatoms. The first-order valence-corrected chi connectivity index (χ1v) is 6.00. The maximum absolute atomic E-state index is 11.3. The molecule has 1 aliphatic rings. The second-order valence-corrected chi connectivity index (χ2v) is 3.98. The predicted molar refractivity (Wildman–Crippen MR) is 61.2 cm³/mol. The van der Waals surface area contributed by atoms with E-state index in [0.717, 1.165) is 39.3 Å². The number of unbranched alkanes of at least 4 members (excludes halogenated alkanes) is 1. The van der Waals surface area contributed by atoms with Gasteiger partial charge < -0.3 is 15.2 Å². The molecule has 0 bridgehead atoms. The van der Waals surface area contributed by atoms with Gasteiger partial charge in [-0.25, -0.2) is 0 Å². The second kappa shape index (κ2) is 8.50. The fraction of sp³-hybridized carbons (Fsp3) is 0.909. The van der Waals surface area contributed by atoms with Gasteiger partial charge in [0.05, 0.1) is 13.2 Å². The van der Waals surface area contributed by atoms with E-state index in [2.05, 4.69) is 10.2 Å². The van der Waals surface area contributed by atoms with Gasteiger partial charge in [0.2, 0.25) is 5.91 Å². The quantitative estimate of drug-likeness (QED) is 0.584. The molecule has 16 heavy (non-hydrogen) atoms. The Bertz CT molecular complexity index is 194. The van der Waals surface area contributed by atoms with Crippen molar-refractivity contribution in [3.8, 4) is 0 Å². The van der Waals surface area contributed by atoms with Gasteiger partial charge in [-0.05, 0) is 12.8 Å². The number of carbonyl (C=O) groups excluding carboxylic acids is 1. The highest BCUT2D eigenvalue weighted by atomic mass is 16.5. The molecule has 94 valence electrons. The van der Waals surface area contributed by atoms with Crippen LogP contribution in [-0.2, 0) is 9.53 Å². The minimum atomic E-state index is 0.0849. The van der Waals surface area contributed by atoms with E-state index in [1.807, 2.05) is 0 Å². The lowest BCUT2D eigenvalue weighted by Gasteiger charge is -2.26. The summed E-state index contributed by atoms with van der Waals surface area (Å²) >= 11 is 0. The molecule has 0 aromatic carbocycles. The summed E-state index contributed by atoms with van der Waals surface area (Å²) in [5, 5.41) is 11.5. The maximum atomic E-state index is 11.3. The van der Waals surface area contributed by atoms with Gasteiger partial charge >= 0.3 is 0 Å². The number of aliphatic hydroxyl groups is 1. The molecule has 1 aliphatic heterocycles. The van der Waals surface area contributed by atoms with Crippen molar-refractivity contribution >= 4 is 5.91 Å². The van der Waals surface area contributed by atoms with Crippen LogP contribution in [0.3, 0.4) is 0 Å². The molecule has 1 saturated heterocycles. The molecule has 0 spiro atoms. The van der Waals surface area contributed by atoms with Crippen LogP contribution in [0.25, 0.3) is 0 Å². The number of ether oxygens (including phenoxy) is 1. The third kappa shape index (κ3) is 6.05. The van der Waals surface area contributed by atoms with Crippen molar-refractivity contribution in [1.82, 2.24) is 10.2 Å². The van der Waals surface area contributed by atoms with Crippen LogP contribution >= 0.6 is 0 Å². The number of hydrogen-bond acceptors (Lipinski definition) is 4. The molecule has 5 nitrogen and oxygen atoms in total.